The number of carbonyl (C=O) groups is 2. The number of hydrogen-bond donors (Lipinski definition) is 1. The standard InChI is InChI=1S/C29H29Cl3F3N3O4S/c1-4-18(2)36-28(40)19(3)37(16-20-10-11-21(30)14-26(20)32)27(39)17-38(43(41,42)23-8-6-5-7-9-23)22-12-13-25(31)24(15-22)29(33,34)35/h5-15,18-19H,4,16-17H2,1-3H3,(H,36,40). The second kappa shape index (κ2) is 14.2. The van der Waals surface area contributed by atoms with Gasteiger partial charge < -0.3 is 10.2 Å². The first-order valence-corrected chi connectivity index (χ1v) is 15.6. The number of benzene rings is 3. The van der Waals surface area contributed by atoms with E-state index in [0.717, 1.165) is 17.0 Å². The van der Waals surface area contributed by atoms with Gasteiger partial charge in [-0.25, -0.2) is 8.42 Å². The maximum absolute atomic E-state index is 14.0. The Hall–Kier alpha value is -2.99. The maximum atomic E-state index is 14.0. The lowest BCUT2D eigenvalue weighted by atomic mass is 10.1. The molecule has 2 atom stereocenters. The minimum atomic E-state index is -4.90. The third-order valence-corrected chi connectivity index (χ3v) is 9.38. The Balaban J connectivity index is 2.13. The zero-order valence-corrected chi connectivity index (χ0v) is 26.4. The van der Waals surface area contributed by atoms with Crippen LogP contribution >= 0.6 is 34.8 Å². The summed E-state index contributed by atoms with van der Waals surface area (Å²) in [6, 6.07) is 12.7. The Morgan fingerprint density at radius 2 is 1.58 bits per heavy atom. The van der Waals surface area contributed by atoms with Crippen molar-refractivity contribution in [3.63, 3.8) is 0 Å². The molecular weight excluding hydrogens is 650 g/mol. The molecule has 0 aliphatic rings. The summed E-state index contributed by atoms with van der Waals surface area (Å²) in [6.07, 6.45) is -4.30. The first-order valence-electron chi connectivity index (χ1n) is 13.0. The van der Waals surface area contributed by atoms with Gasteiger partial charge in [0.05, 0.1) is 21.2 Å². The molecule has 0 aromatic heterocycles. The number of alkyl halides is 3. The molecular formula is C29H29Cl3F3N3O4S. The van der Waals surface area contributed by atoms with Crippen LogP contribution < -0.4 is 9.62 Å². The second-order valence-electron chi connectivity index (χ2n) is 9.74. The number of halogens is 6. The van der Waals surface area contributed by atoms with Crippen molar-refractivity contribution in [2.75, 3.05) is 10.8 Å². The number of carbonyl (C=O) groups excluding carboxylic acids is 2. The highest BCUT2D eigenvalue weighted by Crippen LogP contribution is 2.38. The second-order valence-corrected chi connectivity index (χ2v) is 12.9. The Morgan fingerprint density at radius 3 is 2.16 bits per heavy atom. The Kier molecular flexibility index (Phi) is 11.4. The van der Waals surface area contributed by atoms with Gasteiger partial charge in [0.1, 0.15) is 12.6 Å². The molecule has 0 spiro atoms. The number of nitrogens with zero attached hydrogens (tertiary/aromatic N) is 2. The predicted molar refractivity (Wildman–Crippen MR) is 162 cm³/mol. The molecule has 1 N–H and O–H groups in total. The molecule has 3 aromatic carbocycles. The van der Waals surface area contributed by atoms with Gasteiger partial charge in [-0.15, -0.1) is 0 Å². The van der Waals surface area contributed by atoms with Crippen LogP contribution in [0.1, 0.15) is 38.3 Å². The quantitative estimate of drug-likeness (QED) is 0.233. The van der Waals surface area contributed by atoms with Crippen molar-refractivity contribution < 1.29 is 31.2 Å². The zero-order chi connectivity index (χ0) is 32.1. The van der Waals surface area contributed by atoms with Gasteiger partial charge in [0, 0.05) is 22.6 Å². The van der Waals surface area contributed by atoms with E-state index < -0.39 is 56.9 Å². The monoisotopic (exact) mass is 677 g/mol. The van der Waals surface area contributed by atoms with E-state index in [1.165, 1.54) is 43.3 Å². The van der Waals surface area contributed by atoms with Gasteiger partial charge >= 0.3 is 6.18 Å². The first-order chi connectivity index (χ1) is 20.1. The van der Waals surface area contributed by atoms with Gasteiger partial charge in [-0.2, -0.15) is 13.2 Å². The average molecular weight is 679 g/mol. The van der Waals surface area contributed by atoms with Gasteiger partial charge in [-0.1, -0.05) is 66.0 Å². The van der Waals surface area contributed by atoms with E-state index in [1.54, 1.807) is 19.1 Å². The number of amides is 2. The molecule has 232 valence electrons. The van der Waals surface area contributed by atoms with Crippen LogP contribution in [0, 0.1) is 0 Å². The van der Waals surface area contributed by atoms with E-state index in [-0.39, 0.29) is 22.5 Å². The lowest BCUT2D eigenvalue weighted by Crippen LogP contribution is -2.52. The molecule has 0 heterocycles. The van der Waals surface area contributed by atoms with Crippen molar-refractivity contribution in [1.29, 1.82) is 0 Å². The Morgan fingerprint density at radius 1 is 0.930 bits per heavy atom. The summed E-state index contributed by atoms with van der Waals surface area (Å²) < 4.78 is 69.4. The minimum absolute atomic E-state index is 0.195. The van der Waals surface area contributed by atoms with Gasteiger partial charge in [-0.05, 0) is 68.3 Å². The summed E-state index contributed by atoms with van der Waals surface area (Å²) in [5, 5.41) is 2.67. The third-order valence-electron chi connectivity index (χ3n) is 6.68. The Labute approximate surface area is 263 Å². The van der Waals surface area contributed by atoms with Crippen LogP contribution in [0.4, 0.5) is 18.9 Å². The zero-order valence-electron chi connectivity index (χ0n) is 23.3. The predicted octanol–water partition coefficient (Wildman–Crippen LogP) is 7.19. The number of rotatable bonds is 11. The van der Waals surface area contributed by atoms with Crippen molar-refractivity contribution in [3.8, 4) is 0 Å². The van der Waals surface area contributed by atoms with Crippen molar-refractivity contribution in [2.45, 2.75) is 56.9 Å². The average Bonchev–Trinajstić information content (AvgIpc) is 2.95. The van der Waals surface area contributed by atoms with Crippen LogP contribution in [-0.2, 0) is 32.3 Å². The van der Waals surface area contributed by atoms with Crippen molar-refractivity contribution >= 4 is 62.3 Å². The van der Waals surface area contributed by atoms with Crippen molar-refractivity contribution in [3.05, 3.63) is 92.9 Å². The third kappa shape index (κ3) is 8.56. The van der Waals surface area contributed by atoms with Gasteiger partial charge in [0.15, 0.2) is 0 Å². The number of anilines is 1. The summed E-state index contributed by atoms with van der Waals surface area (Å²) in [7, 11) is -4.58. The van der Waals surface area contributed by atoms with Crippen LogP contribution in [0.3, 0.4) is 0 Å². The first kappa shape index (κ1) is 34.5. The van der Waals surface area contributed by atoms with E-state index in [1.807, 2.05) is 6.92 Å². The molecule has 43 heavy (non-hydrogen) atoms. The van der Waals surface area contributed by atoms with Gasteiger partial charge in [0.25, 0.3) is 10.0 Å². The van der Waals surface area contributed by atoms with E-state index in [0.29, 0.717) is 27.4 Å². The summed E-state index contributed by atoms with van der Waals surface area (Å²) in [4.78, 5) is 27.9. The lowest BCUT2D eigenvalue weighted by molar-refractivity contribution is -0.139. The van der Waals surface area contributed by atoms with E-state index in [9.17, 15) is 31.2 Å². The largest absolute Gasteiger partial charge is 0.417 e. The SMILES string of the molecule is CCC(C)NC(=O)C(C)N(Cc1ccc(Cl)cc1Cl)C(=O)CN(c1ccc(Cl)c(C(F)(F)F)c1)S(=O)(=O)c1ccccc1. The van der Waals surface area contributed by atoms with E-state index >= 15 is 0 Å². The summed E-state index contributed by atoms with van der Waals surface area (Å²) in [6.45, 7) is 3.93. The molecule has 3 aromatic rings. The summed E-state index contributed by atoms with van der Waals surface area (Å²) >= 11 is 18.2. The smallest absolute Gasteiger partial charge is 0.352 e. The van der Waals surface area contributed by atoms with Crippen LogP contribution in [-0.4, -0.2) is 43.8 Å². The highest BCUT2D eigenvalue weighted by atomic mass is 35.5. The fourth-order valence-electron chi connectivity index (χ4n) is 4.02. The van der Waals surface area contributed by atoms with E-state index in [2.05, 4.69) is 5.32 Å². The molecule has 0 fully saturated rings. The fourth-order valence-corrected chi connectivity index (χ4v) is 6.14. The highest BCUT2D eigenvalue weighted by molar-refractivity contribution is 7.92. The van der Waals surface area contributed by atoms with E-state index in [4.69, 9.17) is 34.8 Å². The molecule has 14 heteroatoms. The highest BCUT2D eigenvalue weighted by Gasteiger charge is 2.37. The van der Waals surface area contributed by atoms with Gasteiger partial charge in [-0.3, -0.25) is 13.9 Å². The van der Waals surface area contributed by atoms with Crippen molar-refractivity contribution in [2.24, 2.45) is 0 Å². The van der Waals surface area contributed by atoms with Crippen LogP contribution in [0.25, 0.3) is 0 Å². The molecule has 0 saturated heterocycles. The maximum Gasteiger partial charge on any atom is 0.417 e. The number of hydrogen-bond acceptors (Lipinski definition) is 4. The molecule has 0 radical (unpaired) electrons. The molecule has 7 nitrogen and oxygen atoms in total. The summed E-state index contributed by atoms with van der Waals surface area (Å²) in [5.41, 5.74) is -1.32. The number of sulfonamides is 1. The Bertz CT molecular complexity index is 1570. The van der Waals surface area contributed by atoms with Crippen LogP contribution in [0.5, 0.6) is 0 Å². The molecule has 0 aliphatic heterocycles. The topological polar surface area (TPSA) is 86.8 Å². The van der Waals surface area contributed by atoms with Crippen LogP contribution in [0.2, 0.25) is 15.1 Å². The molecule has 0 aliphatic carbocycles. The molecule has 0 saturated carbocycles. The molecule has 2 unspecified atom stereocenters. The van der Waals surface area contributed by atoms with Crippen molar-refractivity contribution in [1.82, 2.24) is 10.2 Å². The summed E-state index contributed by atoms with van der Waals surface area (Å²) in [5.74, 6) is -1.39. The normalized spacial score (nSPS) is 13.2. The van der Waals surface area contributed by atoms with Gasteiger partial charge in [0.2, 0.25) is 11.8 Å². The fraction of sp³-hybridized carbons (Fsp3) is 0.310. The van der Waals surface area contributed by atoms with Crippen LogP contribution in [0.15, 0.2) is 71.6 Å². The molecule has 3 rings (SSSR count). The molecule has 2 amide bonds. The molecule has 0 bridgehead atoms. The minimum Gasteiger partial charge on any atom is -0.352 e. The lowest BCUT2D eigenvalue weighted by Gasteiger charge is -2.32. The number of nitrogens with one attached hydrogen (secondary N) is 1.